The predicted octanol–water partition coefficient (Wildman–Crippen LogP) is 4.02. The van der Waals surface area contributed by atoms with E-state index >= 15 is 0 Å². The lowest BCUT2D eigenvalue weighted by atomic mass is 10.1. The van der Waals surface area contributed by atoms with Gasteiger partial charge in [0.15, 0.2) is 5.82 Å². The first-order valence-electron chi connectivity index (χ1n) is 9.48. The van der Waals surface area contributed by atoms with Gasteiger partial charge in [0, 0.05) is 18.9 Å². The van der Waals surface area contributed by atoms with E-state index in [1.165, 1.54) is 5.56 Å². The molecule has 2 fully saturated rings. The maximum Gasteiger partial charge on any atom is 0.249 e. The zero-order chi connectivity index (χ0) is 17.1. The molecule has 2 aliphatic rings. The first-order chi connectivity index (χ1) is 12.3. The molecular formula is C20H25N3O2. The Hall–Kier alpha value is -2.17. The lowest BCUT2D eigenvalue weighted by Gasteiger charge is -2.27. The van der Waals surface area contributed by atoms with E-state index in [0.29, 0.717) is 18.2 Å². The highest BCUT2D eigenvalue weighted by atomic mass is 16.5. The molecule has 1 saturated heterocycles. The molecule has 132 valence electrons. The number of amides is 1. The van der Waals surface area contributed by atoms with Gasteiger partial charge >= 0.3 is 0 Å². The summed E-state index contributed by atoms with van der Waals surface area (Å²) >= 11 is 0. The van der Waals surface area contributed by atoms with Crippen molar-refractivity contribution in [1.29, 1.82) is 0 Å². The van der Waals surface area contributed by atoms with Crippen molar-refractivity contribution < 1.29 is 9.32 Å². The third-order valence-corrected chi connectivity index (χ3v) is 5.23. The largest absolute Gasteiger partial charge is 0.337 e. The van der Waals surface area contributed by atoms with Crippen molar-refractivity contribution >= 4 is 5.91 Å². The van der Waals surface area contributed by atoms with E-state index in [4.69, 9.17) is 4.52 Å². The Morgan fingerprint density at radius 1 is 1.12 bits per heavy atom. The zero-order valence-corrected chi connectivity index (χ0v) is 14.6. The molecule has 1 unspecified atom stereocenters. The van der Waals surface area contributed by atoms with E-state index in [1.807, 2.05) is 23.1 Å². The predicted molar refractivity (Wildman–Crippen MR) is 94.0 cm³/mol. The van der Waals surface area contributed by atoms with Gasteiger partial charge in [-0.05, 0) is 37.7 Å². The standard InChI is InChI=1S/C20H25N3O2/c24-18(13-10-15-7-3-1-4-8-15)23-14-6-2-5-9-17(23)20-21-19(22-25-20)16-11-12-16/h1,3-4,7-8,16-17H,2,5-6,9-14H2. The van der Waals surface area contributed by atoms with E-state index in [1.54, 1.807) is 0 Å². The van der Waals surface area contributed by atoms with Crippen LogP contribution in [0.25, 0.3) is 0 Å². The minimum Gasteiger partial charge on any atom is -0.337 e. The highest BCUT2D eigenvalue weighted by Gasteiger charge is 2.34. The van der Waals surface area contributed by atoms with Crippen molar-refractivity contribution in [3.8, 4) is 0 Å². The summed E-state index contributed by atoms with van der Waals surface area (Å²) in [5.41, 5.74) is 1.20. The fourth-order valence-corrected chi connectivity index (χ4v) is 3.59. The molecule has 1 amide bonds. The number of hydrogen-bond donors (Lipinski definition) is 0. The average molecular weight is 339 g/mol. The van der Waals surface area contributed by atoms with Crippen molar-refractivity contribution in [2.24, 2.45) is 0 Å². The van der Waals surface area contributed by atoms with Crippen LogP contribution in [0.15, 0.2) is 34.9 Å². The highest BCUT2D eigenvalue weighted by Crippen LogP contribution is 2.39. The molecule has 4 rings (SSSR count). The van der Waals surface area contributed by atoms with E-state index in [2.05, 4.69) is 22.3 Å². The summed E-state index contributed by atoms with van der Waals surface area (Å²) in [7, 11) is 0. The highest BCUT2D eigenvalue weighted by molar-refractivity contribution is 5.77. The Morgan fingerprint density at radius 2 is 1.96 bits per heavy atom. The third kappa shape index (κ3) is 3.91. The van der Waals surface area contributed by atoms with Crippen LogP contribution in [0.4, 0.5) is 0 Å². The maximum absolute atomic E-state index is 12.9. The van der Waals surface area contributed by atoms with Crippen LogP contribution >= 0.6 is 0 Å². The van der Waals surface area contributed by atoms with Crippen LogP contribution < -0.4 is 0 Å². The number of aryl methyl sites for hydroxylation is 1. The Morgan fingerprint density at radius 3 is 2.76 bits per heavy atom. The number of hydrogen-bond acceptors (Lipinski definition) is 4. The number of nitrogens with zero attached hydrogens (tertiary/aromatic N) is 3. The topological polar surface area (TPSA) is 59.2 Å². The molecule has 1 atom stereocenters. The number of likely N-dealkylation sites (tertiary alicyclic amines) is 1. The second-order valence-electron chi connectivity index (χ2n) is 7.20. The van der Waals surface area contributed by atoms with Gasteiger partial charge in [0.1, 0.15) is 6.04 Å². The molecule has 5 nitrogen and oxygen atoms in total. The number of carbonyl (C=O) groups excluding carboxylic acids is 1. The monoisotopic (exact) mass is 339 g/mol. The molecule has 0 radical (unpaired) electrons. The van der Waals surface area contributed by atoms with Gasteiger partial charge in [-0.1, -0.05) is 48.3 Å². The van der Waals surface area contributed by atoms with Crippen molar-refractivity contribution in [3.63, 3.8) is 0 Å². The molecule has 1 saturated carbocycles. The smallest absolute Gasteiger partial charge is 0.249 e. The summed E-state index contributed by atoms with van der Waals surface area (Å²) in [6.45, 7) is 0.791. The minimum atomic E-state index is -0.0502. The number of carbonyl (C=O) groups is 1. The van der Waals surface area contributed by atoms with Gasteiger partial charge in [-0.15, -0.1) is 0 Å². The SMILES string of the molecule is O=C(CCc1ccccc1)N1CCCCCC1c1nc(C2CC2)no1. The fraction of sp³-hybridized carbons (Fsp3) is 0.550. The summed E-state index contributed by atoms with van der Waals surface area (Å²) in [4.78, 5) is 19.5. The van der Waals surface area contributed by atoms with Gasteiger partial charge in [0.25, 0.3) is 0 Å². The first-order valence-corrected chi connectivity index (χ1v) is 9.48. The molecule has 2 aromatic rings. The summed E-state index contributed by atoms with van der Waals surface area (Å²) in [5.74, 6) is 2.14. The molecule has 1 aliphatic heterocycles. The minimum absolute atomic E-state index is 0.0502. The molecule has 0 N–H and O–H groups in total. The third-order valence-electron chi connectivity index (χ3n) is 5.23. The van der Waals surface area contributed by atoms with Crippen LogP contribution in [0, 0.1) is 0 Å². The van der Waals surface area contributed by atoms with Crippen molar-refractivity contribution in [1.82, 2.24) is 15.0 Å². The van der Waals surface area contributed by atoms with Crippen LogP contribution in [0.3, 0.4) is 0 Å². The first kappa shape index (κ1) is 16.3. The van der Waals surface area contributed by atoms with E-state index in [0.717, 1.165) is 57.3 Å². The quantitative estimate of drug-likeness (QED) is 0.825. The lowest BCUT2D eigenvalue weighted by molar-refractivity contribution is -0.134. The molecule has 0 bridgehead atoms. The van der Waals surface area contributed by atoms with E-state index < -0.39 is 0 Å². The molecular weight excluding hydrogens is 314 g/mol. The number of rotatable bonds is 5. The molecule has 5 heteroatoms. The van der Waals surface area contributed by atoms with Crippen LogP contribution in [0.2, 0.25) is 0 Å². The number of aromatic nitrogens is 2. The van der Waals surface area contributed by atoms with Gasteiger partial charge in [-0.3, -0.25) is 4.79 Å². The van der Waals surface area contributed by atoms with Gasteiger partial charge < -0.3 is 9.42 Å². The molecule has 1 aromatic heterocycles. The Kier molecular flexibility index (Phi) is 4.81. The average Bonchev–Trinajstić information content (AvgIpc) is 3.43. The molecule has 1 aromatic carbocycles. The van der Waals surface area contributed by atoms with Gasteiger partial charge in [-0.25, -0.2) is 0 Å². The molecule has 25 heavy (non-hydrogen) atoms. The molecule has 0 spiro atoms. The summed E-state index contributed by atoms with van der Waals surface area (Å²) in [6.07, 6.45) is 7.86. The maximum atomic E-state index is 12.9. The van der Waals surface area contributed by atoms with Crippen molar-refractivity contribution in [2.75, 3.05) is 6.54 Å². The Bertz CT molecular complexity index is 709. The van der Waals surface area contributed by atoms with Crippen molar-refractivity contribution in [2.45, 2.75) is 63.3 Å². The van der Waals surface area contributed by atoms with Gasteiger partial charge in [0.2, 0.25) is 11.8 Å². The Balaban J connectivity index is 1.46. The lowest BCUT2D eigenvalue weighted by Crippen LogP contribution is -2.35. The van der Waals surface area contributed by atoms with E-state index in [9.17, 15) is 4.79 Å². The Labute approximate surface area is 148 Å². The normalized spacial score (nSPS) is 21.1. The fourth-order valence-electron chi connectivity index (χ4n) is 3.59. The molecule has 2 heterocycles. The van der Waals surface area contributed by atoms with Gasteiger partial charge in [0.05, 0.1) is 0 Å². The molecule has 1 aliphatic carbocycles. The summed E-state index contributed by atoms with van der Waals surface area (Å²) in [5, 5.41) is 4.15. The van der Waals surface area contributed by atoms with Crippen molar-refractivity contribution in [3.05, 3.63) is 47.6 Å². The van der Waals surface area contributed by atoms with E-state index in [-0.39, 0.29) is 11.9 Å². The van der Waals surface area contributed by atoms with Crippen LogP contribution in [0.1, 0.15) is 74.2 Å². The zero-order valence-electron chi connectivity index (χ0n) is 14.6. The summed E-state index contributed by atoms with van der Waals surface area (Å²) < 4.78 is 5.55. The van der Waals surface area contributed by atoms with Crippen LogP contribution in [-0.4, -0.2) is 27.5 Å². The van der Waals surface area contributed by atoms with Crippen LogP contribution in [-0.2, 0) is 11.2 Å². The van der Waals surface area contributed by atoms with Gasteiger partial charge in [-0.2, -0.15) is 4.98 Å². The number of benzene rings is 1. The second-order valence-corrected chi connectivity index (χ2v) is 7.20. The second kappa shape index (κ2) is 7.38. The summed E-state index contributed by atoms with van der Waals surface area (Å²) in [6, 6.07) is 10.1. The van der Waals surface area contributed by atoms with Crippen LogP contribution in [0.5, 0.6) is 0 Å².